The number of amides is 2. The van der Waals surface area contributed by atoms with Crippen molar-refractivity contribution >= 4 is 11.8 Å². The molecule has 0 spiro atoms. The largest absolute Gasteiger partial charge is 0.355 e. The van der Waals surface area contributed by atoms with Gasteiger partial charge >= 0.3 is 0 Å². The molecule has 4 nitrogen and oxygen atoms in total. The third kappa shape index (κ3) is 5.03. The minimum absolute atomic E-state index is 0.00554. The fraction of sp³-hybridized carbons (Fsp3) is 0.500. The van der Waals surface area contributed by atoms with Crippen molar-refractivity contribution in [3.05, 3.63) is 35.4 Å². The van der Waals surface area contributed by atoms with Gasteiger partial charge in [0, 0.05) is 32.6 Å². The van der Waals surface area contributed by atoms with Crippen LogP contribution in [0.25, 0.3) is 0 Å². The van der Waals surface area contributed by atoms with Gasteiger partial charge in [-0.2, -0.15) is 0 Å². The normalized spacial score (nSPS) is 11.1. The van der Waals surface area contributed by atoms with Gasteiger partial charge in [-0.3, -0.25) is 9.59 Å². The molecule has 110 valence electrons. The first-order valence-electron chi connectivity index (χ1n) is 6.78. The van der Waals surface area contributed by atoms with Crippen molar-refractivity contribution in [1.29, 1.82) is 0 Å². The Balaban J connectivity index is 2.64. The maximum absolute atomic E-state index is 12.0. The van der Waals surface area contributed by atoms with E-state index < -0.39 is 0 Å². The smallest absolute Gasteiger partial charge is 0.251 e. The molecule has 0 radical (unpaired) electrons. The fourth-order valence-electron chi connectivity index (χ4n) is 1.86. The standard InChI is InChI=1S/C16H24N2O2/c1-16(2,3)10-14(19)18(5)11-12-6-8-13(9-7-12)15(20)17-4/h6-9H,10-11H2,1-5H3,(H,17,20). The van der Waals surface area contributed by atoms with Crippen molar-refractivity contribution in [3.8, 4) is 0 Å². The molecule has 20 heavy (non-hydrogen) atoms. The molecule has 0 fully saturated rings. The van der Waals surface area contributed by atoms with E-state index in [1.54, 1.807) is 31.1 Å². The van der Waals surface area contributed by atoms with E-state index in [9.17, 15) is 9.59 Å². The van der Waals surface area contributed by atoms with Crippen LogP contribution in [0.15, 0.2) is 24.3 Å². The quantitative estimate of drug-likeness (QED) is 0.918. The molecular formula is C16H24N2O2. The lowest BCUT2D eigenvalue weighted by Gasteiger charge is -2.23. The molecule has 0 aromatic heterocycles. The molecule has 0 aliphatic heterocycles. The van der Waals surface area contributed by atoms with Gasteiger partial charge < -0.3 is 10.2 Å². The molecule has 0 aliphatic rings. The van der Waals surface area contributed by atoms with E-state index in [-0.39, 0.29) is 17.2 Å². The number of nitrogens with zero attached hydrogens (tertiary/aromatic N) is 1. The monoisotopic (exact) mass is 276 g/mol. The highest BCUT2D eigenvalue weighted by atomic mass is 16.2. The SMILES string of the molecule is CNC(=O)c1ccc(CN(C)C(=O)CC(C)(C)C)cc1. The van der Waals surface area contributed by atoms with E-state index in [1.807, 2.05) is 12.1 Å². The van der Waals surface area contributed by atoms with E-state index in [1.165, 1.54) is 0 Å². The van der Waals surface area contributed by atoms with Crippen LogP contribution in [0.5, 0.6) is 0 Å². The van der Waals surface area contributed by atoms with Crippen molar-refractivity contribution in [2.45, 2.75) is 33.7 Å². The first-order valence-corrected chi connectivity index (χ1v) is 6.78. The second-order valence-electron chi connectivity index (χ2n) is 6.26. The van der Waals surface area contributed by atoms with Crippen LogP contribution >= 0.6 is 0 Å². The van der Waals surface area contributed by atoms with Crippen molar-refractivity contribution in [2.75, 3.05) is 14.1 Å². The van der Waals surface area contributed by atoms with Crippen LogP contribution in [-0.4, -0.2) is 30.8 Å². The molecule has 1 rings (SSSR count). The summed E-state index contributed by atoms with van der Waals surface area (Å²) < 4.78 is 0. The summed E-state index contributed by atoms with van der Waals surface area (Å²) in [6.07, 6.45) is 0.528. The van der Waals surface area contributed by atoms with Gasteiger partial charge in [0.25, 0.3) is 5.91 Å². The highest BCUT2D eigenvalue weighted by molar-refractivity contribution is 5.93. The van der Waals surface area contributed by atoms with Gasteiger partial charge in [-0.25, -0.2) is 0 Å². The van der Waals surface area contributed by atoms with Crippen LogP contribution in [0.1, 0.15) is 43.1 Å². The lowest BCUT2D eigenvalue weighted by molar-refractivity contribution is -0.132. The highest BCUT2D eigenvalue weighted by Crippen LogP contribution is 2.20. The van der Waals surface area contributed by atoms with Crippen LogP contribution in [0.3, 0.4) is 0 Å². The third-order valence-corrected chi connectivity index (χ3v) is 2.97. The molecule has 0 aliphatic carbocycles. The minimum atomic E-state index is -0.103. The molecule has 0 saturated carbocycles. The summed E-state index contributed by atoms with van der Waals surface area (Å²) in [5.41, 5.74) is 1.64. The summed E-state index contributed by atoms with van der Waals surface area (Å²) in [6.45, 7) is 6.72. The van der Waals surface area contributed by atoms with Crippen LogP contribution in [0, 0.1) is 5.41 Å². The van der Waals surface area contributed by atoms with E-state index in [4.69, 9.17) is 0 Å². The summed E-state index contributed by atoms with van der Waals surface area (Å²) in [7, 11) is 3.41. The Morgan fingerprint density at radius 2 is 1.70 bits per heavy atom. The third-order valence-electron chi connectivity index (χ3n) is 2.97. The molecule has 0 bridgehead atoms. The number of rotatable bonds is 4. The fourth-order valence-corrected chi connectivity index (χ4v) is 1.86. The number of carbonyl (C=O) groups excluding carboxylic acids is 2. The van der Waals surface area contributed by atoms with Gasteiger partial charge in [0.15, 0.2) is 0 Å². The zero-order valence-electron chi connectivity index (χ0n) is 13.0. The Morgan fingerprint density at radius 1 is 1.15 bits per heavy atom. The molecule has 0 heterocycles. The van der Waals surface area contributed by atoms with Crippen molar-refractivity contribution in [1.82, 2.24) is 10.2 Å². The molecule has 0 unspecified atom stereocenters. The molecule has 0 atom stereocenters. The molecule has 2 amide bonds. The van der Waals surface area contributed by atoms with Gasteiger partial charge in [0.1, 0.15) is 0 Å². The zero-order chi connectivity index (χ0) is 15.3. The van der Waals surface area contributed by atoms with Gasteiger partial charge in [-0.1, -0.05) is 32.9 Å². The molecule has 1 aromatic rings. The Bertz CT molecular complexity index is 472. The van der Waals surface area contributed by atoms with Crippen LogP contribution in [0.2, 0.25) is 0 Å². The second kappa shape index (κ2) is 6.55. The first kappa shape index (κ1) is 16.2. The Kier molecular flexibility index (Phi) is 5.31. The molecular weight excluding hydrogens is 252 g/mol. The summed E-state index contributed by atoms with van der Waals surface area (Å²) in [4.78, 5) is 25.2. The maximum Gasteiger partial charge on any atom is 0.251 e. The molecule has 1 N–H and O–H groups in total. The Hall–Kier alpha value is -1.84. The van der Waals surface area contributed by atoms with E-state index in [2.05, 4.69) is 26.1 Å². The summed E-state index contributed by atoms with van der Waals surface area (Å²) >= 11 is 0. The zero-order valence-corrected chi connectivity index (χ0v) is 13.0. The highest BCUT2D eigenvalue weighted by Gasteiger charge is 2.19. The predicted octanol–water partition coefficient (Wildman–Crippen LogP) is 2.44. The van der Waals surface area contributed by atoms with Crippen molar-refractivity contribution in [3.63, 3.8) is 0 Å². The summed E-state index contributed by atoms with van der Waals surface area (Å²) in [5.74, 6) is 0.0293. The lowest BCUT2D eigenvalue weighted by Crippen LogP contribution is -2.29. The van der Waals surface area contributed by atoms with Crippen molar-refractivity contribution in [2.24, 2.45) is 5.41 Å². The van der Waals surface area contributed by atoms with Crippen LogP contribution in [-0.2, 0) is 11.3 Å². The average molecular weight is 276 g/mol. The number of hydrogen-bond donors (Lipinski definition) is 1. The van der Waals surface area contributed by atoms with E-state index in [0.29, 0.717) is 18.5 Å². The van der Waals surface area contributed by atoms with Gasteiger partial charge in [0.2, 0.25) is 5.91 Å². The number of nitrogens with one attached hydrogen (secondary N) is 1. The van der Waals surface area contributed by atoms with Gasteiger partial charge in [-0.05, 0) is 23.1 Å². The average Bonchev–Trinajstić information content (AvgIpc) is 2.36. The molecule has 1 aromatic carbocycles. The number of carbonyl (C=O) groups is 2. The van der Waals surface area contributed by atoms with E-state index in [0.717, 1.165) is 5.56 Å². The number of benzene rings is 1. The predicted molar refractivity (Wildman–Crippen MR) is 80.4 cm³/mol. The minimum Gasteiger partial charge on any atom is -0.355 e. The topological polar surface area (TPSA) is 49.4 Å². The Morgan fingerprint density at radius 3 is 2.15 bits per heavy atom. The van der Waals surface area contributed by atoms with Crippen molar-refractivity contribution < 1.29 is 9.59 Å². The molecule has 0 saturated heterocycles. The van der Waals surface area contributed by atoms with Gasteiger partial charge in [0.05, 0.1) is 0 Å². The van der Waals surface area contributed by atoms with Gasteiger partial charge in [-0.15, -0.1) is 0 Å². The van der Waals surface area contributed by atoms with E-state index >= 15 is 0 Å². The van der Waals surface area contributed by atoms with Crippen LogP contribution < -0.4 is 5.32 Å². The second-order valence-corrected chi connectivity index (χ2v) is 6.26. The summed E-state index contributed by atoms with van der Waals surface area (Å²) in [5, 5.41) is 2.58. The van der Waals surface area contributed by atoms with Crippen LogP contribution in [0.4, 0.5) is 0 Å². The molecule has 4 heteroatoms. The lowest BCUT2D eigenvalue weighted by atomic mass is 9.91. The summed E-state index contributed by atoms with van der Waals surface area (Å²) in [6, 6.07) is 7.31. The number of hydrogen-bond acceptors (Lipinski definition) is 2. The maximum atomic E-state index is 12.0. The first-order chi connectivity index (χ1) is 9.23. The Labute approximate surface area is 121 Å².